The highest BCUT2D eigenvalue weighted by atomic mass is 19.4. The topological polar surface area (TPSA) is 60.5 Å². The molecule has 0 aliphatic carbocycles. The van der Waals surface area contributed by atoms with Crippen molar-refractivity contribution >= 4 is 11.7 Å². The summed E-state index contributed by atoms with van der Waals surface area (Å²) in [7, 11) is 0. The van der Waals surface area contributed by atoms with E-state index in [-0.39, 0.29) is 19.0 Å². The second-order valence-corrected chi connectivity index (χ2v) is 6.15. The monoisotopic (exact) mass is 380 g/mol. The number of alkyl halides is 3. The van der Waals surface area contributed by atoms with Gasteiger partial charge in [0.1, 0.15) is 11.7 Å². The Bertz CT molecular complexity index is 762. The van der Waals surface area contributed by atoms with Crippen LogP contribution in [0.1, 0.15) is 6.42 Å². The molecule has 2 aromatic rings. The van der Waals surface area contributed by atoms with Gasteiger partial charge in [-0.2, -0.15) is 13.2 Å². The third-order valence-electron chi connectivity index (χ3n) is 4.23. The molecule has 144 valence electrons. The summed E-state index contributed by atoms with van der Waals surface area (Å²) in [6.45, 7) is 0.599. The predicted molar refractivity (Wildman–Crippen MR) is 93.0 cm³/mol. The lowest BCUT2D eigenvalue weighted by molar-refractivity contribution is -0.192. The third-order valence-corrected chi connectivity index (χ3v) is 4.23. The molecule has 0 radical (unpaired) electrons. The first kappa shape index (κ1) is 19.3. The number of anilines is 1. The van der Waals surface area contributed by atoms with Gasteiger partial charge in [0, 0.05) is 11.8 Å². The standard InChI is InChI=1S/C19H19F3N2O3/c20-19(21,22)16(11-14-12-26-9-10-27-14)18(25)24-17-15(7-4-8-23-17)13-5-2-1-3-6-13/h1-8,14,16H,9-12H2,(H,23,24,25). The molecule has 0 bridgehead atoms. The molecule has 0 saturated carbocycles. The Morgan fingerprint density at radius 2 is 1.96 bits per heavy atom. The highest BCUT2D eigenvalue weighted by Crippen LogP contribution is 2.33. The molecule has 2 atom stereocenters. The number of hydrogen-bond donors (Lipinski definition) is 1. The van der Waals surface area contributed by atoms with Crippen molar-refractivity contribution in [2.75, 3.05) is 25.1 Å². The molecule has 1 aromatic carbocycles. The van der Waals surface area contributed by atoms with Gasteiger partial charge in [0.2, 0.25) is 5.91 Å². The van der Waals surface area contributed by atoms with Crippen LogP contribution in [-0.2, 0) is 14.3 Å². The van der Waals surface area contributed by atoms with E-state index in [1.54, 1.807) is 36.4 Å². The smallest absolute Gasteiger partial charge is 0.376 e. The third kappa shape index (κ3) is 5.05. The highest BCUT2D eigenvalue weighted by Gasteiger charge is 2.46. The number of ether oxygens (including phenoxy) is 2. The quantitative estimate of drug-likeness (QED) is 0.860. The summed E-state index contributed by atoms with van der Waals surface area (Å²) < 4.78 is 50.8. The van der Waals surface area contributed by atoms with E-state index in [2.05, 4.69) is 10.3 Å². The zero-order chi connectivity index (χ0) is 19.3. The van der Waals surface area contributed by atoms with Gasteiger partial charge in [-0.3, -0.25) is 4.79 Å². The van der Waals surface area contributed by atoms with Gasteiger partial charge in [-0.15, -0.1) is 0 Å². The summed E-state index contributed by atoms with van der Waals surface area (Å²) in [6.07, 6.45) is -4.55. The summed E-state index contributed by atoms with van der Waals surface area (Å²) in [4.78, 5) is 16.5. The fourth-order valence-corrected chi connectivity index (χ4v) is 2.88. The summed E-state index contributed by atoms with van der Waals surface area (Å²) in [6, 6.07) is 12.4. The first-order valence-corrected chi connectivity index (χ1v) is 8.52. The number of benzene rings is 1. The van der Waals surface area contributed by atoms with Gasteiger partial charge < -0.3 is 14.8 Å². The van der Waals surface area contributed by atoms with Crippen LogP contribution in [0.25, 0.3) is 11.1 Å². The molecule has 1 aromatic heterocycles. The van der Waals surface area contributed by atoms with E-state index in [1.165, 1.54) is 6.20 Å². The van der Waals surface area contributed by atoms with Crippen LogP contribution < -0.4 is 5.32 Å². The van der Waals surface area contributed by atoms with Crippen molar-refractivity contribution in [2.24, 2.45) is 5.92 Å². The Hall–Kier alpha value is -2.45. The van der Waals surface area contributed by atoms with E-state index in [0.29, 0.717) is 12.2 Å². The molecule has 1 fully saturated rings. The van der Waals surface area contributed by atoms with Crippen molar-refractivity contribution in [3.63, 3.8) is 0 Å². The van der Waals surface area contributed by atoms with Gasteiger partial charge in [0.25, 0.3) is 0 Å². The fraction of sp³-hybridized carbons (Fsp3) is 0.368. The van der Waals surface area contributed by atoms with Crippen LogP contribution >= 0.6 is 0 Å². The molecule has 27 heavy (non-hydrogen) atoms. The van der Waals surface area contributed by atoms with Crippen LogP contribution in [0.2, 0.25) is 0 Å². The van der Waals surface area contributed by atoms with Crippen molar-refractivity contribution in [3.8, 4) is 11.1 Å². The maximum atomic E-state index is 13.5. The van der Waals surface area contributed by atoms with Crippen molar-refractivity contribution in [2.45, 2.75) is 18.7 Å². The van der Waals surface area contributed by atoms with Gasteiger partial charge in [0.15, 0.2) is 0 Å². The number of nitrogens with zero attached hydrogens (tertiary/aromatic N) is 1. The van der Waals surface area contributed by atoms with Crippen LogP contribution in [0.4, 0.5) is 19.0 Å². The summed E-state index contributed by atoms with van der Waals surface area (Å²) >= 11 is 0. The van der Waals surface area contributed by atoms with E-state index in [4.69, 9.17) is 9.47 Å². The van der Waals surface area contributed by atoms with Crippen molar-refractivity contribution in [1.29, 1.82) is 0 Å². The lowest BCUT2D eigenvalue weighted by Gasteiger charge is -2.27. The minimum atomic E-state index is -4.70. The molecular formula is C19H19F3N2O3. The van der Waals surface area contributed by atoms with Gasteiger partial charge in [0.05, 0.1) is 25.9 Å². The van der Waals surface area contributed by atoms with Crippen LogP contribution in [0.5, 0.6) is 0 Å². The molecule has 5 nitrogen and oxygen atoms in total. The number of carbonyl (C=O) groups is 1. The largest absolute Gasteiger partial charge is 0.400 e. The average Bonchev–Trinajstić information content (AvgIpc) is 2.67. The second kappa shape index (κ2) is 8.49. The first-order valence-electron chi connectivity index (χ1n) is 8.52. The van der Waals surface area contributed by atoms with Gasteiger partial charge in [-0.1, -0.05) is 30.3 Å². The molecule has 1 amide bonds. The Labute approximate surface area is 154 Å². The molecule has 3 rings (SSSR count). The van der Waals surface area contributed by atoms with E-state index >= 15 is 0 Å². The van der Waals surface area contributed by atoms with E-state index in [0.717, 1.165) is 5.56 Å². The maximum absolute atomic E-state index is 13.5. The van der Waals surface area contributed by atoms with Crippen LogP contribution in [0.3, 0.4) is 0 Å². The lowest BCUT2D eigenvalue weighted by atomic mass is 9.99. The molecule has 1 aliphatic rings. The van der Waals surface area contributed by atoms with Gasteiger partial charge >= 0.3 is 6.18 Å². The number of aromatic nitrogens is 1. The predicted octanol–water partition coefficient (Wildman–Crippen LogP) is 3.67. The minimum Gasteiger partial charge on any atom is -0.376 e. The van der Waals surface area contributed by atoms with E-state index < -0.39 is 30.5 Å². The number of nitrogens with one attached hydrogen (secondary N) is 1. The number of amides is 1. The molecule has 8 heteroatoms. The molecule has 2 unspecified atom stereocenters. The lowest BCUT2D eigenvalue weighted by Crippen LogP contribution is -2.40. The van der Waals surface area contributed by atoms with Crippen molar-refractivity contribution < 1.29 is 27.4 Å². The molecule has 1 aliphatic heterocycles. The normalized spacial score (nSPS) is 18.7. The minimum absolute atomic E-state index is 0.0404. The summed E-state index contributed by atoms with van der Waals surface area (Å²) in [5, 5.41) is 2.34. The van der Waals surface area contributed by atoms with E-state index in [1.807, 2.05) is 6.07 Å². The highest BCUT2D eigenvalue weighted by molar-refractivity contribution is 5.95. The Morgan fingerprint density at radius 1 is 1.19 bits per heavy atom. The molecule has 1 saturated heterocycles. The average molecular weight is 380 g/mol. The number of hydrogen-bond acceptors (Lipinski definition) is 4. The summed E-state index contributed by atoms with van der Waals surface area (Å²) in [5.41, 5.74) is 1.29. The number of halogens is 3. The number of pyridine rings is 1. The van der Waals surface area contributed by atoms with E-state index in [9.17, 15) is 18.0 Å². The van der Waals surface area contributed by atoms with Crippen LogP contribution in [0, 0.1) is 5.92 Å². The Kier molecular flexibility index (Phi) is 6.08. The molecule has 2 heterocycles. The molecular weight excluding hydrogens is 361 g/mol. The SMILES string of the molecule is O=C(Nc1ncccc1-c1ccccc1)C(CC1COCCO1)C(F)(F)F. The van der Waals surface area contributed by atoms with Gasteiger partial charge in [-0.05, 0) is 24.1 Å². The number of carbonyl (C=O) groups excluding carboxylic acids is 1. The first-order chi connectivity index (χ1) is 12.9. The number of rotatable bonds is 5. The maximum Gasteiger partial charge on any atom is 0.400 e. The van der Waals surface area contributed by atoms with Gasteiger partial charge in [-0.25, -0.2) is 4.98 Å². The molecule has 1 N–H and O–H groups in total. The second-order valence-electron chi connectivity index (χ2n) is 6.15. The van der Waals surface area contributed by atoms with Crippen LogP contribution in [-0.4, -0.2) is 43.0 Å². The van der Waals surface area contributed by atoms with Crippen LogP contribution in [0.15, 0.2) is 48.7 Å². The van der Waals surface area contributed by atoms with Crippen molar-refractivity contribution in [3.05, 3.63) is 48.7 Å². The fourth-order valence-electron chi connectivity index (χ4n) is 2.88. The Balaban J connectivity index is 1.80. The zero-order valence-electron chi connectivity index (χ0n) is 14.4. The zero-order valence-corrected chi connectivity index (χ0v) is 14.4. The van der Waals surface area contributed by atoms with Crippen molar-refractivity contribution in [1.82, 2.24) is 4.98 Å². The summed E-state index contributed by atoms with van der Waals surface area (Å²) in [5.74, 6) is -3.29. The Morgan fingerprint density at radius 3 is 2.63 bits per heavy atom. The molecule has 0 spiro atoms.